The van der Waals surface area contributed by atoms with Gasteiger partial charge in [0.25, 0.3) is 0 Å². The van der Waals surface area contributed by atoms with Gasteiger partial charge < -0.3 is 5.11 Å². The minimum atomic E-state index is 0.144. The molecule has 0 fully saturated rings. The van der Waals surface area contributed by atoms with Crippen LogP contribution in [-0.4, -0.2) is 5.11 Å². The first-order valence-electron chi connectivity index (χ1n) is 5.70. The maximum Gasteiger partial charge on any atom is 0.0684 e. The van der Waals surface area contributed by atoms with Crippen LogP contribution in [0.5, 0.6) is 0 Å². The van der Waals surface area contributed by atoms with Crippen molar-refractivity contribution in [3.63, 3.8) is 0 Å². The molecule has 0 heterocycles. The lowest BCUT2D eigenvalue weighted by molar-refractivity contribution is 0.280. The molecule has 80 valence electrons. The normalized spacial score (nSPS) is 13.1. The predicted octanol–water partition coefficient (Wildman–Crippen LogP) is 2.94. The first-order chi connectivity index (χ1) is 7.90. The molecule has 1 nitrogen and oxygen atoms in total. The molecule has 2 aromatic rings. The van der Waals surface area contributed by atoms with Crippen LogP contribution in [0.25, 0.3) is 11.1 Å². The Labute approximate surface area is 95.4 Å². The standard InChI is InChI=1S/C15H14O/c16-10-12-5-3-7-15-13-6-2-1-4-11(13)8-9-14(12)15/h1-7,16H,8-10H2. The molecule has 1 aliphatic carbocycles. The van der Waals surface area contributed by atoms with Crippen molar-refractivity contribution >= 4 is 0 Å². The average Bonchev–Trinajstić information content (AvgIpc) is 2.37. The van der Waals surface area contributed by atoms with E-state index in [1.165, 1.54) is 22.3 Å². The van der Waals surface area contributed by atoms with Gasteiger partial charge in [0.05, 0.1) is 6.61 Å². The number of hydrogen-bond donors (Lipinski definition) is 1. The van der Waals surface area contributed by atoms with Crippen molar-refractivity contribution in [1.82, 2.24) is 0 Å². The Morgan fingerprint density at radius 1 is 0.875 bits per heavy atom. The van der Waals surface area contributed by atoms with Gasteiger partial charge in [-0.2, -0.15) is 0 Å². The van der Waals surface area contributed by atoms with Crippen LogP contribution >= 0.6 is 0 Å². The molecule has 3 rings (SSSR count). The fourth-order valence-electron chi connectivity index (χ4n) is 2.59. The second kappa shape index (κ2) is 3.76. The highest BCUT2D eigenvalue weighted by Gasteiger charge is 2.17. The SMILES string of the molecule is OCc1cccc2c1CCc1ccccc1-2. The molecule has 0 spiro atoms. The summed E-state index contributed by atoms with van der Waals surface area (Å²) in [5, 5.41) is 9.34. The third-order valence-electron chi connectivity index (χ3n) is 3.40. The lowest BCUT2D eigenvalue weighted by Gasteiger charge is -2.21. The quantitative estimate of drug-likeness (QED) is 0.767. The highest BCUT2D eigenvalue weighted by atomic mass is 16.3. The van der Waals surface area contributed by atoms with E-state index in [2.05, 4.69) is 30.3 Å². The molecule has 0 unspecified atom stereocenters. The number of fused-ring (bicyclic) bond motifs is 3. The zero-order chi connectivity index (χ0) is 11.0. The summed E-state index contributed by atoms with van der Waals surface area (Å²) in [5.74, 6) is 0. The summed E-state index contributed by atoms with van der Waals surface area (Å²) in [6.45, 7) is 0.144. The largest absolute Gasteiger partial charge is 0.392 e. The molecule has 1 aliphatic rings. The van der Waals surface area contributed by atoms with E-state index < -0.39 is 0 Å². The summed E-state index contributed by atoms with van der Waals surface area (Å²) in [5.41, 5.74) is 6.45. The van der Waals surface area contributed by atoms with Gasteiger partial charge in [-0.05, 0) is 40.7 Å². The number of rotatable bonds is 1. The molecule has 0 atom stereocenters. The first-order valence-corrected chi connectivity index (χ1v) is 5.70. The summed E-state index contributed by atoms with van der Waals surface area (Å²) >= 11 is 0. The Morgan fingerprint density at radius 3 is 2.56 bits per heavy atom. The van der Waals surface area contributed by atoms with Crippen molar-refractivity contribution in [3.05, 3.63) is 59.2 Å². The zero-order valence-corrected chi connectivity index (χ0v) is 9.11. The predicted molar refractivity (Wildman–Crippen MR) is 65.2 cm³/mol. The van der Waals surface area contributed by atoms with Gasteiger partial charge in [-0.3, -0.25) is 0 Å². The highest BCUT2D eigenvalue weighted by Crippen LogP contribution is 2.34. The summed E-state index contributed by atoms with van der Waals surface area (Å²) in [6.07, 6.45) is 2.13. The molecule has 0 saturated heterocycles. The fourth-order valence-corrected chi connectivity index (χ4v) is 2.59. The van der Waals surface area contributed by atoms with Crippen molar-refractivity contribution < 1.29 is 5.11 Å². The molecule has 1 N–H and O–H groups in total. The van der Waals surface area contributed by atoms with Crippen molar-refractivity contribution in [2.45, 2.75) is 19.4 Å². The van der Waals surface area contributed by atoms with Crippen LogP contribution in [0.15, 0.2) is 42.5 Å². The van der Waals surface area contributed by atoms with Crippen LogP contribution in [0.3, 0.4) is 0 Å². The molecule has 16 heavy (non-hydrogen) atoms. The van der Waals surface area contributed by atoms with Crippen LogP contribution in [0.2, 0.25) is 0 Å². The third-order valence-corrected chi connectivity index (χ3v) is 3.40. The molecular weight excluding hydrogens is 196 g/mol. The van der Waals surface area contributed by atoms with E-state index in [4.69, 9.17) is 0 Å². The van der Waals surface area contributed by atoms with Crippen molar-refractivity contribution in [2.24, 2.45) is 0 Å². The van der Waals surface area contributed by atoms with Crippen LogP contribution in [0, 0.1) is 0 Å². The molecular formula is C15H14O. The van der Waals surface area contributed by atoms with Crippen LogP contribution in [-0.2, 0) is 19.4 Å². The van der Waals surface area contributed by atoms with Gasteiger partial charge in [0.1, 0.15) is 0 Å². The van der Waals surface area contributed by atoms with Gasteiger partial charge >= 0.3 is 0 Å². The van der Waals surface area contributed by atoms with Gasteiger partial charge in [-0.1, -0.05) is 42.5 Å². The third kappa shape index (κ3) is 1.36. The maximum absolute atomic E-state index is 9.34. The fraction of sp³-hybridized carbons (Fsp3) is 0.200. The Hall–Kier alpha value is -1.60. The highest BCUT2D eigenvalue weighted by molar-refractivity contribution is 5.74. The number of aryl methyl sites for hydroxylation is 1. The number of aliphatic hydroxyl groups excluding tert-OH is 1. The smallest absolute Gasteiger partial charge is 0.0684 e. The summed E-state index contributed by atoms with van der Waals surface area (Å²) in [4.78, 5) is 0. The monoisotopic (exact) mass is 210 g/mol. The number of aliphatic hydroxyl groups is 1. The molecule has 0 amide bonds. The molecule has 1 heteroatoms. The van der Waals surface area contributed by atoms with E-state index in [1.54, 1.807) is 0 Å². The van der Waals surface area contributed by atoms with E-state index >= 15 is 0 Å². The van der Waals surface area contributed by atoms with Gasteiger partial charge in [0.15, 0.2) is 0 Å². The van der Waals surface area contributed by atoms with E-state index in [1.807, 2.05) is 12.1 Å². The van der Waals surface area contributed by atoms with E-state index in [9.17, 15) is 5.11 Å². The minimum Gasteiger partial charge on any atom is -0.392 e. The molecule has 0 saturated carbocycles. The topological polar surface area (TPSA) is 20.2 Å². The number of hydrogen-bond acceptors (Lipinski definition) is 1. The first kappa shape index (κ1) is 9.61. The summed E-state index contributed by atoms with van der Waals surface area (Å²) in [7, 11) is 0. The van der Waals surface area contributed by atoms with Crippen molar-refractivity contribution in [3.8, 4) is 11.1 Å². The van der Waals surface area contributed by atoms with Gasteiger partial charge in [0.2, 0.25) is 0 Å². The van der Waals surface area contributed by atoms with Crippen molar-refractivity contribution in [1.29, 1.82) is 0 Å². The second-order valence-corrected chi connectivity index (χ2v) is 4.26. The van der Waals surface area contributed by atoms with Crippen LogP contribution in [0.1, 0.15) is 16.7 Å². The lowest BCUT2D eigenvalue weighted by atomic mass is 9.83. The Balaban J connectivity index is 2.25. The number of benzene rings is 2. The van der Waals surface area contributed by atoms with E-state index in [0.717, 1.165) is 18.4 Å². The van der Waals surface area contributed by atoms with Gasteiger partial charge in [-0.15, -0.1) is 0 Å². The van der Waals surface area contributed by atoms with E-state index in [-0.39, 0.29) is 6.61 Å². The molecule has 0 radical (unpaired) electrons. The minimum absolute atomic E-state index is 0.144. The average molecular weight is 210 g/mol. The molecule has 0 bridgehead atoms. The van der Waals surface area contributed by atoms with Gasteiger partial charge in [-0.25, -0.2) is 0 Å². The Kier molecular flexibility index (Phi) is 2.26. The summed E-state index contributed by atoms with van der Waals surface area (Å²) in [6, 6.07) is 14.8. The molecule has 2 aromatic carbocycles. The Bertz CT molecular complexity index is 529. The lowest BCUT2D eigenvalue weighted by Crippen LogP contribution is -2.06. The molecule has 0 aromatic heterocycles. The molecule has 0 aliphatic heterocycles. The van der Waals surface area contributed by atoms with Crippen LogP contribution in [0.4, 0.5) is 0 Å². The van der Waals surface area contributed by atoms with E-state index in [0.29, 0.717) is 0 Å². The maximum atomic E-state index is 9.34. The van der Waals surface area contributed by atoms with Crippen LogP contribution < -0.4 is 0 Å². The second-order valence-electron chi connectivity index (χ2n) is 4.26. The van der Waals surface area contributed by atoms with Gasteiger partial charge in [0, 0.05) is 0 Å². The Morgan fingerprint density at radius 2 is 1.69 bits per heavy atom. The summed E-state index contributed by atoms with van der Waals surface area (Å²) < 4.78 is 0. The zero-order valence-electron chi connectivity index (χ0n) is 9.11. The van der Waals surface area contributed by atoms with Crippen molar-refractivity contribution in [2.75, 3.05) is 0 Å².